The van der Waals surface area contributed by atoms with Gasteiger partial charge < -0.3 is 14.5 Å². The summed E-state index contributed by atoms with van der Waals surface area (Å²) in [6.45, 7) is 0.257. The van der Waals surface area contributed by atoms with Gasteiger partial charge in [-0.3, -0.25) is 9.59 Å². The van der Waals surface area contributed by atoms with Crippen molar-refractivity contribution in [1.82, 2.24) is 9.80 Å². The van der Waals surface area contributed by atoms with Crippen molar-refractivity contribution in [2.75, 3.05) is 13.7 Å². The summed E-state index contributed by atoms with van der Waals surface area (Å²) < 4.78 is 5.30. The Balaban J connectivity index is 1.66. The summed E-state index contributed by atoms with van der Waals surface area (Å²) in [5, 5.41) is 0. The van der Waals surface area contributed by atoms with Crippen molar-refractivity contribution in [1.29, 1.82) is 0 Å². The normalized spacial score (nSPS) is 25.2. The molecule has 5 heteroatoms. The molecule has 2 saturated carbocycles. The lowest BCUT2D eigenvalue weighted by Gasteiger charge is -2.47. The van der Waals surface area contributed by atoms with E-state index in [9.17, 15) is 9.59 Å². The van der Waals surface area contributed by atoms with Crippen LogP contribution in [0.3, 0.4) is 0 Å². The van der Waals surface area contributed by atoms with Crippen molar-refractivity contribution >= 4 is 11.8 Å². The Morgan fingerprint density at radius 2 is 1.34 bits per heavy atom. The molecular formula is C24H34N2O3. The Morgan fingerprint density at radius 3 is 1.93 bits per heavy atom. The minimum atomic E-state index is -0.492. The predicted molar refractivity (Wildman–Crippen MR) is 113 cm³/mol. The summed E-state index contributed by atoms with van der Waals surface area (Å²) in [5.74, 6) is 1.02. The zero-order valence-corrected chi connectivity index (χ0v) is 17.6. The first-order valence-corrected chi connectivity index (χ1v) is 11.4. The van der Waals surface area contributed by atoms with Gasteiger partial charge in [0.15, 0.2) is 0 Å². The predicted octanol–water partition coefficient (Wildman–Crippen LogP) is 4.46. The molecule has 0 unspecified atom stereocenters. The zero-order valence-electron chi connectivity index (χ0n) is 17.6. The molecule has 158 valence electrons. The lowest BCUT2D eigenvalue weighted by atomic mass is 9.89. The SMILES string of the molecule is COc1ccc([C@@H]2C(=O)N(C3CCCCCC3)CC(=O)N2C2CCCCC2)cc1. The molecule has 0 N–H and O–H groups in total. The molecule has 1 saturated heterocycles. The van der Waals surface area contributed by atoms with Gasteiger partial charge in [0.2, 0.25) is 5.91 Å². The van der Waals surface area contributed by atoms with Gasteiger partial charge in [-0.05, 0) is 43.4 Å². The Labute approximate surface area is 174 Å². The van der Waals surface area contributed by atoms with Crippen LogP contribution in [0.2, 0.25) is 0 Å². The number of benzene rings is 1. The molecule has 1 heterocycles. The van der Waals surface area contributed by atoms with Crippen molar-refractivity contribution in [3.63, 3.8) is 0 Å². The molecule has 29 heavy (non-hydrogen) atoms. The Hall–Kier alpha value is -2.04. The number of nitrogens with zero attached hydrogens (tertiary/aromatic N) is 2. The molecular weight excluding hydrogens is 364 g/mol. The maximum Gasteiger partial charge on any atom is 0.250 e. The maximum atomic E-state index is 13.8. The summed E-state index contributed by atoms with van der Waals surface area (Å²) in [4.78, 5) is 31.0. The van der Waals surface area contributed by atoms with E-state index in [-0.39, 0.29) is 30.4 Å². The van der Waals surface area contributed by atoms with Crippen LogP contribution in [0, 0.1) is 0 Å². The second-order valence-corrected chi connectivity index (χ2v) is 8.88. The molecule has 0 aromatic heterocycles. The van der Waals surface area contributed by atoms with Crippen molar-refractivity contribution in [2.45, 2.75) is 88.8 Å². The van der Waals surface area contributed by atoms with Gasteiger partial charge in [-0.2, -0.15) is 0 Å². The fraction of sp³-hybridized carbons (Fsp3) is 0.667. The van der Waals surface area contributed by atoms with Crippen molar-refractivity contribution in [3.8, 4) is 5.75 Å². The van der Waals surface area contributed by atoms with Crippen LogP contribution in [-0.2, 0) is 9.59 Å². The Kier molecular flexibility index (Phi) is 6.41. The molecule has 2 aliphatic carbocycles. The summed E-state index contributed by atoms with van der Waals surface area (Å²) in [6, 6.07) is 7.62. The first-order valence-electron chi connectivity index (χ1n) is 11.4. The average molecular weight is 399 g/mol. The Morgan fingerprint density at radius 1 is 0.793 bits per heavy atom. The molecule has 1 aliphatic heterocycles. The third-order valence-corrected chi connectivity index (χ3v) is 7.05. The first-order chi connectivity index (χ1) is 14.2. The van der Waals surface area contributed by atoms with E-state index in [1.165, 1.54) is 19.3 Å². The standard InChI is InChI=1S/C24H34N2O3/c1-29-21-15-13-18(14-16-21)23-24(28)25(19-9-5-2-3-6-10-19)17-22(27)26(23)20-11-7-4-8-12-20/h13-16,19-20,23H,2-12,17H2,1H3/t23-/m1/s1. The molecule has 5 nitrogen and oxygen atoms in total. The number of piperazine rings is 1. The number of hydrogen-bond donors (Lipinski definition) is 0. The van der Waals surface area contributed by atoms with Gasteiger partial charge in [0.1, 0.15) is 18.3 Å². The third kappa shape index (κ3) is 4.29. The van der Waals surface area contributed by atoms with Crippen LogP contribution in [0.5, 0.6) is 5.75 Å². The molecule has 0 radical (unpaired) electrons. The fourth-order valence-corrected chi connectivity index (χ4v) is 5.47. The van der Waals surface area contributed by atoms with Crippen molar-refractivity contribution in [3.05, 3.63) is 29.8 Å². The van der Waals surface area contributed by atoms with E-state index in [2.05, 4.69) is 0 Å². The van der Waals surface area contributed by atoms with Crippen LogP contribution in [0.25, 0.3) is 0 Å². The van der Waals surface area contributed by atoms with Crippen LogP contribution in [0.4, 0.5) is 0 Å². The smallest absolute Gasteiger partial charge is 0.250 e. The second-order valence-electron chi connectivity index (χ2n) is 8.88. The molecule has 4 rings (SSSR count). The van der Waals surface area contributed by atoms with Gasteiger partial charge in [-0.1, -0.05) is 57.1 Å². The molecule has 3 aliphatic rings. The summed E-state index contributed by atoms with van der Waals surface area (Å²) in [5.41, 5.74) is 0.910. The quantitative estimate of drug-likeness (QED) is 0.704. The highest BCUT2D eigenvalue weighted by atomic mass is 16.5. The first kappa shape index (κ1) is 20.2. The molecule has 3 fully saturated rings. The van der Waals surface area contributed by atoms with E-state index in [1.54, 1.807) is 7.11 Å². The number of carbonyl (C=O) groups is 2. The van der Waals surface area contributed by atoms with Gasteiger partial charge in [0, 0.05) is 12.1 Å². The van der Waals surface area contributed by atoms with E-state index in [0.29, 0.717) is 0 Å². The minimum absolute atomic E-state index is 0.118. The van der Waals surface area contributed by atoms with E-state index in [4.69, 9.17) is 4.74 Å². The van der Waals surface area contributed by atoms with Crippen LogP contribution in [-0.4, -0.2) is 47.4 Å². The average Bonchev–Trinajstić information content (AvgIpc) is 3.05. The number of hydrogen-bond acceptors (Lipinski definition) is 3. The van der Waals surface area contributed by atoms with Crippen LogP contribution in [0.15, 0.2) is 24.3 Å². The van der Waals surface area contributed by atoms with Crippen LogP contribution in [0.1, 0.15) is 82.2 Å². The van der Waals surface area contributed by atoms with Gasteiger partial charge in [-0.25, -0.2) is 0 Å². The number of amides is 2. The number of methoxy groups -OCH3 is 1. The monoisotopic (exact) mass is 398 g/mol. The molecule has 0 bridgehead atoms. The van der Waals surface area contributed by atoms with E-state index >= 15 is 0 Å². The summed E-state index contributed by atoms with van der Waals surface area (Å²) >= 11 is 0. The molecule has 0 spiro atoms. The van der Waals surface area contributed by atoms with Crippen LogP contribution < -0.4 is 4.74 Å². The third-order valence-electron chi connectivity index (χ3n) is 7.05. The lowest BCUT2D eigenvalue weighted by molar-refractivity contribution is -0.162. The van der Waals surface area contributed by atoms with E-state index in [0.717, 1.165) is 62.7 Å². The highest BCUT2D eigenvalue weighted by Crippen LogP contribution is 2.37. The molecule has 1 atom stereocenters. The maximum absolute atomic E-state index is 13.8. The summed E-state index contributed by atoms with van der Waals surface area (Å²) in [6.07, 6.45) is 12.4. The fourth-order valence-electron chi connectivity index (χ4n) is 5.47. The Bertz CT molecular complexity index is 703. The van der Waals surface area contributed by atoms with Crippen LogP contribution >= 0.6 is 0 Å². The number of rotatable bonds is 4. The van der Waals surface area contributed by atoms with Gasteiger partial charge in [-0.15, -0.1) is 0 Å². The number of carbonyl (C=O) groups excluding carboxylic acids is 2. The largest absolute Gasteiger partial charge is 0.497 e. The van der Waals surface area contributed by atoms with Gasteiger partial charge >= 0.3 is 0 Å². The molecule has 2 amide bonds. The molecule has 1 aromatic carbocycles. The zero-order chi connectivity index (χ0) is 20.2. The van der Waals surface area contributed by atoms with Crippen molar-refractivity contribution < 1.29 is 14.3 Å². The topological polar surface area (TPSA) is 49.9 Å². The molecule has 1 aromatic rings. The van der Waals surface area contributed by atoms with Gasteiger partial charge in [0.05, 0.1) is 7.11 Å². The second kappa shape index (κ2) is 9.19. The van der Waals surface area contributed by atoms with Crippen molar-refractivity contribution in [2.24, 2.45) is 0 Å². The van der Waals surface area contributed by atoms with E-state index < -0.39 is 6.04 Å². The highest BCUT2D eigenvalue weighted by Gasteiger charge is 2.45. The minimum Gasteiger partial charge on any atom is -0.497 e. The number of ether oxygens (including phenoxy) is 1. The highest BCUT2D eigenvalue weighted by molar-refractivity contribution is 5.96. The lowest BCUT2D eigenvalue weighted by Crippen LogP contribution is -2.60. The van der Waals surface area contributed by atoms with E-state index in [1.807, 2.05) is 34.1 Å². The van der Waals surface area contributed by atoms with Gasteiger partial charge in [0.25, 0.3) is 5.91 Å². The summed E-state index contributed by atoms with van der Waals surface area (Å²) in [7, 11) is 1.65.